The number of aryl methyl sites for hydroxylation is 1. The topological polar surface area (TPSA) is 58.2 Å². The van der Waals surface area contributed by atoms with Gasteiger partial charge in [-0.3, -0.25) is 9.59 Å². The first-order valence-electron chi connectivity index (χ1n) is 7.51. The Morgan fingerprint density at radius 2 is 1.74 bits per heavy atom. The molecule has 0 radical (unpaired) electrons. The molecule has 0 bridgehead atoms. The Bertz CT molecular complexity index is 752. The molecule has 1 aliphatic carbocycles. The Hall–Kier alpha value is -2.69. The van der Waals surface area contributed by atoms with Gasteiger partial charge < -0.3 is 10.6 Å². The largest absolute Gasteiger partial charge is 0.326 e. The highest BCUT2D eigenvalue weighted by Crippen LogP contribution is 2.30. The van der Waals surface area contributed by atoms with Crippen molar-refractivity contribution in [3.05, 3.63) is 59.4 Å². The number of carbonyl (C=O) groups excluding carboxylic acids is 2. The van der Waals surface area contributed by atoms with E-state index in [9.17, 15) is 14.0 Å². The number of amides is 2. The Kier molecular flexibility index (Phi) is 4.10. The summed E-state index contributed by atoms with van der Waals surface area (Å²) in [4.78, 5) is 23.9. The van der Waals surface area contributed by atoms with Crippen LogP contribution in [0.4, 0.5) is 15.8 Å². The summed E-state index contributed by atoms with van der Waals surface area (Å²) >= 11 is 0. The molecular formula is C18H17FN2O2. The van der Waals surface area contributed by atoms with Crippen molar-refractivity contribution in [3.8, 4) is 0 Å². The molecule has 0 saturated heterocycles. The van der Waals surface area contributed by atoms with Crippen LogP contribution < -0.4 is 10.6 Å². The minimum absolute atomic E-state index is 0.0255. The van der Waals surface area contributed by atoms with Crippen molar-refractivity contribution in [1.29, 1.82) is 0 Å². The summed E-state index contributed by atoms with van der Waals surface area (Å²) in [6, 6.07) is 10.9. The number of rotatable bonds is 4. The molecule has 4 nitrogen and oxygen atoms in total. The second-order valence-corrected chi connectivity index (χ2v) is 5.75. The van der Waals surface area contributed by atoms with Crippen molar-refractivity contribution in [2.75, 3.05) is 10.6 Å². The quantitative estimate of drug-likeness (QED) is 0.903. The Morgan fingerprint density at radius 1 is 1.04 bits per heavy atom. The molecule has 3 rings (SSSR count). The van der Waals surface area contributed by atoms with E-state index in [0.717, 1.165) is 18.4 Å². The average Bonchev–Trinajstić information content (AvgIpc) is 3.36. The molecule has 0 aromatic heterocycles. The van der Waals surface area contributed by atoms with Crippen LogP contribution in [-0.4, -0.2) is 11.8 Å². The van der Waals surface area contributed by atoms with Gasteiger partial charge in [-0.1, -0.05) is 6.07 Å². The molecule has 1 saturated carbocycles. The van der Waals surface area contributed by atoms with Crippen molar-refractivity contribution in [3.63, 3.8) is 0 Å². The smallest absolute Gasteiger partial charge is 0.255 e. The number of halogens is 1. The molecule has 0 atom stereocenters. The van der Waals surface area contributed by atoms with Crippen molar-refractivity contribution in [1.82, 2.24) is 0 Å². The van der Waals surface area contributed by atoms with Gasteiger partial charge in [-0.05, 0) is 61.7 Å². The summed E-state index contributed by atoms with van der Waals surface area (Å²) in [5.74, 6) is -0.561. The lowest BCUT2D eigenvalue weighted by molar-refractivity contribution is -0.117. The lowest BCUT2D eigenvalue weighted by Crippen LogP contribution is -2.15. The van der Waals surface area contributed by atoms with Gasteiger partial charge in [0.05, 0.1) is 0 Å². The number of hydrogen-bond acceptors (Lipinski definition) is 2. The number of carbonyl (C=O) groups is 2. The maximum atomic E-state index is 13.3. The Labute approximate surface area is 133 Å². The fourth-order valence-electron chi connectivity index (χ4n) is 2.22. The molecule has 2 aromatic rings. The summed E-state index contributed by atoms with van der Waals surface area (Å²) < 4.78 is 13.3. The molecule has 5 heteroatoms. The molecule has 2 aromatic carbocycles. The molecule has 23 heavy (non-hydrogen) atoms. The first kappa shape index (κ1) is 15.2. The third-order valence-corrected chi connectivity index (χ3v) is 3.81. The van der Waals surface area contributed by atoms with Crippen LogP contribution in [0, 0.1) is 18.7 Å². The van der Waals surface area contributed by atoms with Gasteiger partial charge in [0, 0.05) is 22.9 Å². The summed E-state index contributed by atoms with van der Waals surface area (Å²) in [5, 5.41) is 5.51. The number of nitrogens with one attached hydrogen (secondary N) is 2. The summed E-state index contributed by atoms with van der Waals surface area (Å²) in [5.41, 5.74) is 2.34. The molecular weight excluding hydrogens is 295 g/mol. The lowest BCUT2D eigenvalue weighted by Gasteiger charge is -2.09. The normalized spacial score (nSPS) is 13.5. The van der Waals surface area contributed by atoms with Gasteiger partial charge >= 0.3 is 0 Å². The van der Waals surface area contributed by atoms with Crippen molar-refractivity contribution < 1.29 is 14.0 Å². The zero-order chi connectivity index (χ0) is 16.4. The standard InChI is InChI=1S/C18H17FN2O2/c1-11-2-7-14(19)10-16(11)21-18(23)13-5-8-15(9-6-13)20-17(22)12-3-4-12/h2,5-10,12H,3-4H2,1H3,(H,20,22)(H,21,23). The van der Waals surface area contributed by atoms with E-state index in [0.29, 0.717) is 16.9 Å². The van der Waals surface area contributed by atoms with Gasteiger partial charge in [0.15, 0.2) is 0 Å². The predicted molar refractivity (Wildman–Crippen MR) is 86.9 cm³/mol. The van der Waals surface area contributed by atoms with Crippen LogP contribution >= 0.6 is 0 Å². The zero-order valence-electron chi connectivity index (χ0n) is 12.7. The van der Waals surface area contributed by atoms with Gasteiger partial charge in [-0.2, -0.15) is 0 Å². The second-order valence-electron chi connectivity index (χ2n) is 5.75. The molecule has 2 amide bonds. The molecule has 0 unspecified atom stereocenters. The Balaban J connectivity index is 1.67. The van der Waals surface area contributed by atoms with E-state index in [1.807, 2.05) is 0 Å². The third-order valence-electron chi connectivity index (χ3n) is 3.81. The maximum absolute atomic E-state index is 13.3. The van der Waals surface area contributed by atoms with Crippen LogP contribution in [0.3, 0.4) is 0 Å². The van der Waals surface area contributed by atoms with Gasteiger partial charge in [0.2, 0.25) is 5.91 Å². The van der Waals surface area contributed by atoms with E-state index in [1.165, 1.54) is 12.1 Å². The van der Waals surface area contributed by atoms with Crippen LogP contribution in [0.1, 0.15) is 28.8 Å². The summed E-state index contributed by atoms with van der Waals surface area (Å²) in [6.07, 6.45) is 1.89. The number of benzene rings is 2. The van der Waals surface area contributed by atoms with Crippen molar-refractivity contribution >= 4 is 23.2 Å². The summed E-state index contributed by atoms with van der Waals surface area (Å²) in [7, 11) is 0. The average molecular weight is 312 g/mol. The zero-order valence-corrected chi connectivity index (χ0v) is 12.7. The molecule has 118 valence electrons. The van der Waals surface area contributed by atoms with Gasteiger partial charge in [-0.15, -0.1) is 0 Å². The monoisotopic (exact) mass is 312 g/mol. The van der Waals surface area contributed by atoms with Gasteiger partial charge in [0.1, 0.15) is 5.82 Å². The van der Waals surface area contributed by atoms with E-state index < -0.39 is 5.82 Å². The van der Waals surface area contributed by atoms with Crippen molar-refractivity contribution in [2.45, 2.75) is 19.8 Å². The Morgan fingerprint density at radius 3 is 2.39 bits per heavy atom. The highest BCUT2D eigenvalue weighted by atomic mass is 19.1. The van der Waals surface area contributed by atoms with E-state index in [1.54, 1.807) is 37.3 Å². The first-order valence-corrected chi connectivity index (χ1v) is 7.51. The van der Waals surface area contributed by atoms with E-state index in [4.69, 9.17) is 0 Å². The molecule has 1 fully saturated rings. The predicted octanol–water partition coefficient (Wildman–Crippen LogP) is 3.73. The van der Waals surface area contributed by atoms with Crippen LogP contribution in [0.25, 0.3) is 0 Å². The lowest BCUT2D eigenvalue weighted by atomic mass is 10.1. The number of anilines is 2. The molecule has 0 aliphatic heterocycles. The van der Waals surface area contributed by atoms with Crippen LogP contribution in [-0.2, 0) is 4.79 Å². The highest BCUT2D eigenvalue weighted by molar-refractivity contribution is 6.05. The fraction of sp³-hybridized carbons (Fsp3) is 0.222. The van der Waals surface area contributed by atoms with E-state index in [-0.39, 0.29) is 17.7 Å². The van der Waals surface area contributed by atoms with Crippen molar-refractivity contribution in [2.24, 2.45) is 5.92 Å². The molecule has 2 N–H and O–H groups in total. The summed E-state index contributed by atoms with van der Waals surface area (Å²) in [6.45, 7) is 1.80. The maximum Gasteiger partial charge on any atom is 0.255 e. The minimum atomic E-state index is -0.399. The van der Waals surface area contributed by atoms with Crippen LogP contribution in [0.5, 0.6) is 0 Å². The first-order chi connectivity index (χ1) is 11.0. The fourth-order valence-corrected chi connectivity index (χ4v) is 2.22. The molecule has 1 aliphatic rings. The van der Waals surface area contributed by atoms with Crippen LogP contribution in [0.15, 0.2) is 42.5 Å². The van der Waals surface area contributed by atoms with E-state index >= 15 is 0 Å². The van der Waals surface area contributed by atoms with Gasteiger partial charge in [0.25, 0.3) is 5.91 Å². The number of hydrogen-bond donors (Lipinski definition) is 2. The molecule has 0 heterocycles. The highest BCUT2D eigenvalue weighted by Gasteiger charge is 2.29. The van der Waals surface area contributed by atoms with Gasteiger partial charge in [-0.25, -0.2) is 4.39 Å². The minimum Gasteiger partial charge on any atom is -0.326 e. The third kappa shape index (κ3) is 3.74. The van der Waals surface area contributed by atoms with E-state index in [2.05, 4.69) is 10.6 Å². The second kappa shape index (κ2) is 6.20. The SMILES string of the molecule is Cc1ccc(F)cc1NC(=O)c1ccc(NC(=O)C2CC2)cc1. The van der Waals surface area contributed by atoms with Crippen LogP contribution in [0.2, 0.25) is 0 Å². The molecule has 0 spiro atoms.